The molecule has 6 nitrogen and oxygen atoms in total. The van der Waals surface area contributed by atoms with Crippen LogP contribution in [0.3, 0.4) is 0 Å². The lowest BCUT2D eigenvalue weighted by molar-refractivity contribution is 0.0732. The van der Waals surface area contributed by atoms with Crippen molar-refractivity contribution in [3.05, 3.63) is 97.1 Å². The highest BCUT2D eigenvalue weighted by atomic mass is 19.1. The highest BCUT2D eigenvalue weighted by Crippen LogP contribution is 2.22. The molecule has 0 unspecified atom stereocenters. The monoisotopic (exact) mass is 419 g/mol. The van der Waals surface area contributed by atoms with Crippen LogP contribution in [0.25, 0.3) is 5.69 Å². The van der Waals surface area contributed by atoms with E-state index in [4.69, 9.17) is 0 Å². The number of carbonyl (C=O) groups excluding carboxylic acids is 1. The van der Waals surface area contributed by atoms with Gasteiger partial charge in [-0.3, -0.25) is 19.0 Å². The maximum atomic E-state index is 13.3. The third-order valence-corrected chi connectivity index (χ3v) is 6.21. The first-order chi connectivity index (χ1) is 15.0. The lowest BCUT2D eigenvalue weighted by Gasteiger charge is -2.29. The second kappa shape index (κ2) is 7.65. The van der Waals surface area contributed by atoms with E-state index in [0.29, 0.717) is 25.2 Å². The van der Waals surface area contributed by atoms with Gasteiger partial charge in [0.05, 0.1) is 0 Å². The molecule has 1 aromatic carbocycles. The molecule has 3 heterocycles. The molecule has 0 atom stereocenters. The number of fused-ring (bicyclic) bond motifs is 2. The fourth-order valence-electron chi connectivity index (χ4n) is 4.51. The second-order valence-electron chi connectivity index (χ2n) is 8.21. The molecular formula is C24H22FN3O3. The van der Waals surface area contributed by atoms with Crippen LogP contribution in [0, 0.1) is 5.82 Å². The van der Waals surface area contributed by atoms with Gasteiger partial charge in [-0.25, -0.2) is 4.39 Å². The molecule has 0 bridgehead atoms. The van der Waals surface area contributed by atoms with Gasteiger partial charge in [-0.15, -0.1) is 0 Å². The van der Waals surface area contributed by atoms with E-state index >= 15 is 0 Å². The van der Waals surface area contributed by atoms with Crippen molar-refractivity contribution in [3.63, 3.8) is 0 Å². The summed E-state index contributed by atoms with van der Waals surface area (Å²) in [6, 6.07) is 9.03. The van der Waals surface area contributed by atoms with Gasteiger partial charge in [0.2, 0.25) is 0 Å². The molecule has 2 aromatic heterocycles. The molecule has 7 heteroatoms. The number of nitrogens with zero attached hydrogens (tertiary/aromatic N) is 2. The lowest BCUT2D eigenvalue weighted by atomic mass is 9.94. The predicted molar refractivity (Wildman–Crippen MR) is 114 cm³/mol. The normalized spacial score (nSPS) is 15.3. The van der Waals surface area contributed by atoms with E-state index in [2.05, 4.69) is 4.98 Å². The topological polar surface area (TPSA) is 75.2 Å². The molecular weight excluding hydrogens is 397 g/mol. The summed E-state index contributed by atoms with van der Waals surface area (Å²) in [5.41, 5.74) is 3.94. The standard InChI is InChI=1S/C24H22FN3O3/c25-18-5-7-19(8-6-18)28-14-17-13-27(10-9-15(17)12-22(28)29)24(31)20-11-16-3-1-2-4-21(16)26-23(20)30/h5-8,11-12,14H,1-4,9-10,13H2,(H,26,30). The Hall–Kier alpha value is -3.48. The average Bonchev–Trinajstić information content (AvgIpc) is 2.78. The largest absolute Gasteiger partial charge is 0.334 e. The van der Waals surface area contributed by atoms with E-state index in [0.717, 1.165) is 48.1 Å². The first-order valence-electron chi connectivity index (χ1n) is 10.5. The van der Waals surface area contributed by atoms with Gasteiger partial charge in [0.15, 0.2) is 0 Å². The van der Waals surface area contributed by atoms with Gasteiger partial charge in [0.1, 0.15) is 11.4 Å². The van der Waals surface area contributed by atoms with Crippen LogP contribution >= 0.6 is 0 Å². The van der Waals surface area contributed by atoms with E-state index in [1.165, 1.54) is 16.7 Å². The summed E-state index contributed by atoms with van der Waals surface area (Å²) in [5.74, 6) is -0.665. The fourth-order valence-corrected chi connectivity index (χ4v) is 4.51. The minimum atomic E-state index is -0.373. The summed E-state index contributed by atoms with van der Waals surface area (Å²) >= 11 is 0. The van der Waals surface area contributed by atoms with Crippen molar-refractivity contribution < 1.29 is 9.18 Å². The highest BCUT2D eigenvalue weighted by Gasteiger charge is 2.26. The zero-order valence-electron chi connectivity index (χ0n) is 17.0. The Morgan fingerprint density at radius 3 is 2.52 bits per heavy atom. The van der Waals surface area contributed by atoms with E-state index in [1.807, 2.05) is 0 Å². The number of nitrogens with one attached hydrogen (secondary N) is 1. The van der Waals surface area contributed by atoms with Crippen LogP contribution in [0.4, 0.5) is 4.39 Å². The van der Waals surface area contributed by atoms with Crippen molar-refractivity contribution >= 4 is 5.91 Å². The van der Waals surface area contributed by atoms with Crippen molar-refractivity contribution in [2.45, 2.75) is 38.6 Å². The molecule has 0 fully saturated rings. The van der Waals surface area contributed by atoms with Gasteiger partial charge in [-0.05, 0) is 79.1 Å². The summed E-state index contributed by atoms with van der Waals surface area (Å²) in [6.45, 7) is 0.758. The van der Waals surface area contributed by atoms with Gasteiger partial charge in [0, 0.05) is 36.7 Å². The quantitative estimate of drug-likeness (QED) is 0.694. The molecule has 1 N–H and O–H groups in total. The van der Waals surface area contributed by atoms with Crippen molar-refractivity contribution in [3.8, 4) is 5.69 Å². The number of carbonyl (C=O) groups is 1. The van der Waals surface area contributed by atoms with Crippen molar-refractivity contribution in [1.82, 2.24) is 14.5 Å². The number of halogens is 1. The molecule has 158 valence electrons. The minimum absolute atomic E-state index is 0.177. The first kappa shape index (κ1) is 19.5. The van der Waals surface area contributed by atoms with Crippen molar-refractivity contribution in [2.24, 2.45) is 0 Å². The molecule has 0 saturated heterocycles. The number of benzene rings is 1. The molecule has 0 saturated carbocycles. The lowest BCUT2D eigenvalue weighted by Crippen LogP contribution is -2.39. The molecule has 1 amide bonds. The number of aromatic nitrogens is 2. The Labute approximate surface area is 178 Å². The van der Waals surface area contributed by atoms with Crippen LogP contribution in [-0.2, 0) is 25.8 Å². The number of hydrogen-bond acceptors (Lipinski definition) is 3. The van der Waals surface area contributed by atoms with Crippen LogP contribution in [0.1, 0.15) is 45.6 Å². The maximum absolute atomic E-state index is 13.3. The SMILES string of the molecule is O=C(c1cc2c([nH]c1=O)CCCC2)N1CCc2cc(=O)n(-c3ccc(F)cc3)cc2C1. The van der Waals surface area contributed by atoms with E-state index in [-0.39, 0.29) is 28.4 Å². The second-order valence-corrected chi connectivity index (χ2v) is 8.21. The third kappa shape index (κ3) is 3.60. The first-order valence-corrected chi connectivity index (χ1v) is 10.5. The zero-order chi connectivity index (χ0) is 21.5. The van der Waals surface area contributed by atoms with E-state index < -0.39 is 0 Å². The summed E-state index contributed by atoms with van der Waals surface area (Å²) in [5, 5.41) is 0. The van der Waals surface area contributed by atoms with Crippen molar-refractivity contribution in [2.75, 3.05) is 6.54 Å². The number of aromatic amines is 1. The number of pyridine rings is 2. The molecule has 0 spiro atoms. The number of H-pyrrole nitrogens is 1. The predicted octanol–water partition coefficient (Wildman–Crippen LogP) is 2.74. The van der Waals surface area contributed by atoms with Crippen LogP contribution in [0.15, 0.2) is 52.2 Å². The smallest absolute Gasteiger partial charge is 0.261 e. The van der Waals surface area contributed by atoms with E-state index in [1.54, 1.807) is 35.4 Å². The Bertz CT molecular complexity index is 1290. The molecule has 5 rings (SSSR count). The molecule has 31 heavy (non-hydrogen) atoms. The molecule has 1 aliphatic heterocycles. The van der Waals surface area contributed by atoms with E-state index in [9.17, 15) is 18.8 Å². The maximum Gasteiger partial charge on any atom is 0.261 e. The number of aryl methyl sites for hydroxylation is 2. The summed E-state index contributed by atoms with van der Waals surface area (Å²) in [4.78, 5) is 42.8. The van der Waals surface area contributed by atoms with Crippen LogP contribution in [-0.4, -0.2) is 26.9 Å². The summed E-state index contributed by atoms with van der Waals surface area (Å²) in [7, 11) is 0. The molecule has 1 aliphatic carbocycles. The Kier molecular flexibility index (Phi) is 4.81. The summed E-state index contributed by atoms with van der Waals surface area (Å²) in [6.07, 6.45) is 6.08. The van der Waals surface area contributed by atoms with Gasteiger partial charge in [-0.1, -0.05) is 0 Å². The average molecular weight is 419 g/mol. The van der Waals surface area contributed by atoms with Gasteiger partial charge >= 0.3 is 0 Å². The van der Waals surface area contributed by atoms with Crippen LogP contribution in [0.5, 0.6) is 0 Å². The zero-order valence-corrected chi connectivity index (χ0v) is 17.0. The minimum Gasteiger partial charge on any atom is -0.334 e. The Balaban J connectivity index is 1.46. The molecule has 3 aromatic rings. The Morgan fingerprint density at radius 1 is 0.935 bits per heavy atom. The van der Waals surface area contributed by atoms with Crippen LogP contribution < -0.4 is 11.1 Å². The number of rotatable bonds is 2. The van der Waals surface area contributed by atoms with Gasteiger partial charge in [-0.2, -0.15) is 0 Å². The summed E-state index contributed by atoms with van der Waals surface area (Å²) < 4.78 is 14.7. The van der Waals surface area contributed by atoms with Crippen molar-refractivity contribution in [1.29, 1.82) is 0 Å². The molecule has 0 radical (unpaired) electrons. The fraction of sp³-hybridized carbons (Fsp3) is 0.292. The number of amides is 1. The van der Waals surface area contributed by atoms with Crippen LogP contribution in [0.2, 0.25) is 0 Å². The third-order valence-electron chi connectivity index (χ3n) is 6.21. The molecule has 2 aliphatic rings. The Morgan fingerprint density at radius 2 is 1.71 bits per heavy atom. The van der Waals surface area contributed by atoms with Gasteiger partial charge in [0.25, 0.3) is 17.0 Å². The number of hydrogen-bond donors (Lipinski definition) is 1. The van der Waals surface area contributed by atoms with Gasteiger partial charge < -0.3 is 9.88 Å². The highest BCUT2D eigenvalue weighted by molar-refractivity contribution is 5.94.